The van der Waals surface area contributed by atoms with Crippen LogP contribution in [-0.2, 0) is 0 Å². The summed E-state index contributed by atoms with van der Waals surface area (Å²) in [4.78, 5) is 12.8. The predicted molar refractivity (Wildman–Crippen MR) is 98.5 cm³/mol. The molecule has 2 aromatic carbocycles. The van der Waals surface area contributed by atoms with Crippen molar-refractivity contribution in [3.63, 3.8) is 0 Å². The fraction of sp³-hybridized carbons (Fsp3) is 0.350. The standard InChI is InChI=1S/C20H22N4O2/c25-18(15-9-3-1-4-10-15)21-19(20(26)13-7-2-8-14-20)24-17-12-6-5-11-16(17)22-23-24/h1,3-6,9-12,19,26H,2,7-8,13-14H2,(H,21,25). The normalized spacial score (nSPS) is 17.7. The molecule has 26 heavy (non-hydrogen) atoms. The van der Waals surface area contributed by atoms with E-state index in [1.165, 1.54) is 0 Å². The lowest BCUT2D eigenvalue weighted by Crippen LogP contribution is -2.50. The van der Waals surface area contributed by atoms with Crippen LogP contribution in [0.5, 0.6) is 0 Å². The highest BCUT2D eigenvalue weighted by atomic mass is 16.3. The van der Waals surface area contributed by atoms with Crippen molar-refractivity contribution in [2.75, 3.05) is 0 Å². The molecule has 0 saturated heterocycles. The van der Waals surface area contributed by atoms with Gasteiger partial charge in [0.15, 0.2) is 6.17 Å². The smallest absolute Gasteiger partial charge is 0.253 e. The van der Waals surface area contributed by atoms with Gasteiger partial charge in [-0.2, -0.15) is 0 Å². The van der Waals surface area contributed by atoms with Crippen LogP contribution in [0, 0.1) is 0 Å². The predicted octanol–water partition coefficient (Wildman–Crippen LogP) is 3.06. The first-order chi connectivity index (χ1) is 12.7. The second-order valence-corrected chi connectivity index (χ2v) is 6.93. The molecule has 1 aromatic heterocycles. The maximum atomic E-state index is 12.8. The van der Waals surface area contributed by atoms with E-state index in [4.69, 9.17) is 0 Å². The highest BCUT2D eigenvalue weighted by molar-refractivity contribution is 5.94. The van der Waals surface area contributed by atoms with E-state index in [-0.39, 0.29) is 5.91 Å². The van der Waals surface area contributed by atoms with Crippen molar-refractivity contribution in [1.29, 1.82) is 0 Å². The largest absolute Gasteiger partial charge is 0.386 e. The Bertz CT molecular complexity index is 900. The number of hydrogen-bond acceptors (Lipinski definition) is 4. The molecule has 1 aliphatic rings. The zero-order valence-electron chi connectivity index (χ0n) is 14.5. The third-order valence-corrected chi connectivity index (χ3v) is 5.15. The molecule has 0 radical (unpaired) electrons. The monoisotopic (exact) mass is 350 g/mol. The highest BCUT2D eigenvalue weighted by Gasteiger charge is 2.41. The first-order valence-electron chi connectivity index (χ1n) is 9.06. The quantitative estimate of drug-likeness (QED) is 0.758. The number of carbonyl (C=O) groups excluding carboxylic acids is 1. The van der Waals surface area contributed by atoms with E-state index < -0.39 is 11.8 Å². The summed E-state index contributed by atoms with van der Waals surface area (Å²) < 4.78 is 1.65. The summed E-state index contributed by atoms with van der Waals surface area (Å²) >= 11 is 0. The maximum absolute atomic E-state index is 12.8. The van der Waals surface area contributed by atoms with Gasteiger partial charge in [-0.05, 0) is 37.1 Å². The van der Waals surface area contributed by atoms with E-state index >= 15 is 0 Å². The molecule has 1 atom stereocenters. The zero-order valence-corrected chi connectivity index (χ0v) is 14.5. The van der Waals surface area contributed by atoms with Crippen LogP contribution in [0.1, 0.15) is 48.6 Å². The Morgan fingerprint density at radius 3 is 2.50 bits per heavy atom. The number of nitrogens with one attached hydrogen (secondary N) is 1. The van der Waals surface area contributed by atoms with Crippen LogP contribution in [-0.4, -0.2) is 31.6 Å². The number of hydrogen-bond donors (Lipinski definition) is 2. The molecule has 0 aliphatic heterocycles. The van der Waals surface area contributed by atoms with E-state index in [0.717, 1.165) is 30.3 Å². The summed E-state index contributed by atoms with van der Waals surface area (Å²) in [5, 5.41) is 22.8. The number of aromatic nitrogens is 3. The van der Waals surface area contributed by atoms with Crippen molar-refractivity contribution in [3.8, 4) is 0 Å². The molecule has 134 valence electrons. The number of rotatable bonds is 4. The Hall–Kier alpha value is -2.73. The van der Waals surface area contributed by atoms with E-state index in [9.17, 15) is 9.90 Å². The fourth-order valence-electron chi connectivity index (χ4n) is 3.74. The van der Waals surface area contributed by atoms with Crippen LogP contribution in [0.2, 0.25) is 0 Å². The number of para-hydroxylation sites is 1. The second kappa shape index (κ2) is 6.88. The minimum Gasteiger partial charge on any atom is -0.386 e. The number of carbonyl (C=O) groups is 1. The zero-order chi connectivity index (χ0) is 18.0. The lowest BCUT2D eigenvalue weighted by molar-refractivity contribution is -0.0551. The van der Waals surface area contributed by atoms with Gasteiger partial charge < -0.3 is 10.4 Å². The van der Waals surface area contributed by atoms with Crippen LogP contribution in [0.4, 0.5) is 0 Å². The Morgan fingerprint density at radius 2 is 1.73 bits per heavy atom. The van der Waals surface area contributed by atoms with Gasteiger partial charge in [-0.1, -0.05) is 54.8 Å². The van der Waals surface area contributed by atoms with E-state index in [1.54, 1.807) is 16.8 Å². The SMILES string of the molecule is O=C(NC(n1nnc2ccccc21)C1(O)CCCCC1)c1ccccc1. The Kier molecular flexibility index (Phi) is 4.42. The number of amides is 1. The van der Waals surface area contributed by atoms with Gasteiger partial charge in [0.25, 0.3) is 5.91 Å². The van der Waals surface area contributed by atoms with Crippen molar-refractivity contribution in [2.45, 2.75) is 43.9 Å². The van der Waals surface area contributed by atoms with E-state index in [2.05, 4.69) is 15.6 Å². The lowest BCUT2D eigenvalue weighted by Gasteiger charge is -2.39. The van der Waals surface area contributed by atoms with Crippen molar-refractivity contribution in [2.24, 2.45) is 0 Å². The fourth-order valence-corrected chi connectivity index (χ4v) is 3.74. The van der Waals surface area contributed by atoms with Gasteiger partial charge in [0.1, 0.15) is 11.1 Å². The summed E-state index contributed by atoms with van der Waals surface area (Å²) in [6.45, 7) is 0. The number of aliphatic hydroxyl groups is 1. The molecule has 0 bridgehead atoms. The van der Waals surface area contributed by atoms with Crippen molar-refractivity contribution in [1.82, 2.24) is 20.3 Å². The molecule has 1 amide bonds. The molecule has 1 heterocycles. The molecule has 4 rings (SSSR count). The lowest BCUT2D eigenvalue weighted by atomic mass is 9.82. The highest BCUT2D eigenvalue weighted by Crippen LogP contribution is 2.36. The Labute approximate surface area is 151 Å². The van der Waals surface area contributed by atoms with E-state index in [1.807, 2.05) is 42.5 Å². The molecule has 1 saturated carbocycles. The van der Waals surface area contributed by atoms with Crippen LogP contribution in [0.3, 0.4) is 0 Å². The Morgan fingerprint density at radius 1 is 1.04 bits per heavy atom. The van der Waals surface area contributed by atoms with E-state index in [0.29, 0.717) is 18.4 Å². The summed E-state index contributed by atoms with van der Waals surface area (Å²) in [6, 6.07) is 16.6. The van der Waals surface area contributed by atoms with Crippen molar-refractivity contribution < 1.29 is 9.90 Å². The molecule has 6 nitrogen and oxygen atoms in total. The van der Waals surface area contributed by atoms with Crippen LogP contribution in [0.25, 0.3) is 11.0 Å². The third-order valence-electron chi connectivity index (χ3n) is 5.15. The minimum atomic E-state index is -1.04. The van der Waals surface area contributed by atoms with Crippen LogP contribution in [0.15, 0.2) is 54.6 Å². The summed E-state index contributed by atoms with van der Waals surface area (Å²) in [6.07, 6.45) is 3.55. The molecule has 1 unspecified atom stereocenters. The molecule has 2 N–H and O–H groups in total. The molecular formula is C20H22N4O2. The minimum absolute atomic E-state index is 0.228. The van der Waals surface area contributed by atoms with Gasteiger partial charge in [-0.3, -0.25) is 4.79 Å². The molecular weight excluding hydrogens is 328 g/mol. The Balaban J connectivity index is 1.73. The van der Waals surface area contributed by atoms with Crippen LogP contribution < -0.4 is 5.32 Å². The topological polar surface area (TPSA) is 80.0 Å². The van der Waals surface area contributed by atoms with Gasteiger partial charge in [0.05, 0.1) is 5.52 Å². The van der Waals surface area contributed by atoms with Gasteiger partial charge in [0, 0.05) is 5.56 Å². The summed E-state index contributed by atoms with van der Waals surface area (Å²) in [5.74, 6) is -0.228. The van der Waals surface area contributed by atoms with Gasteiger partial charge >= 0.3 is 0 Å². The maximum Gasteiger partial charge on any atom is 0.253 e. The van der Waals surface area contributed by atoms with Crippen molar-refractivity contribution in [3.05, 3.63) is 60.2 Å². The third kappa shape index (κ3) is 3.08. The van der Waals surface area contributed by atoms with Gasteiger partial charge in [-0.15, -0.1) is 5.10 Å². The molecule has 6 heteroatoms. The first kappa shape index (κ1) is 16.7. The first-order valence-corrected chi connectivity index (χ1v) is 9.06. The van der Waals surface area contributed by atoms with Crippen molar-refractivity contribution >= 4 is 16.9 Å². The average molecular weight is 350 g/mol. The van der Waals surface area contributed by atoms with Gasteiger partial charge in [-0.25, -0.2) is 4.68 Å². The summed E-state index contributed by atoms with van der Waals surface area (Å²) in [5.41, 5.74) is 1.05. The van der Waals surface area contributed by atoms with Crippen LogP contribution >= 0.6 is 0 Å². The molecule has 1 aliphatic carbocycles. The number of nitrogens with zero attached hydrogens (tertiary/aromatic N) is 3. The second-order valence-electron chi connectivity index (χ2n) is 6.93. The number of fused-ring (bicyclic) bond motifs is 1. The number of benzene rings is 2. The molecule has 3 aromatic rings. The molecule has 0 spiro atoms. The average Bonchev–Trinajstić information content (AvgIpc) is 3.11. The molecule has 1 fully saturated rings. The summed E-state index contributed by atoms with van der Waals surface area (Å²) in [7, 11) is 0. The van der Waals surface area contributed by atoms with Gasteiger partial charge in [0.2, 0.25) is 0 Å².